The van der Waals surface area contributed by atoms with Crippen LogP contribution in [0.1, 0.15) is 23.6 Å². The van der Waals surface area contributed by atoms with E-state index in [-0.39, 0.29) is 24.2 Å². The number of hydrogen-bond donors (Lipinski definition) is 1. The minimum Gasteiger partial charge on any atom is -0.497 e. The summed E-state index contributed by atoms with van der Waals surface area (Å²) in [4.78, 5) is 12.0. The summed E-state index contributed by atoms with van der Waals surface area (Å²) in [7, 11) is 3.33. The first-order valence-electron chi connectivity index (χ1n) is 6.84. The van der Waals surface area contributed by atoms with Gasteiger partial charge in [-0.3, -0.25) is 4.79 Å². The number of methoxy groups -OCH3 is 2. The Hall–Kier alpha value is -1.59. The first kappa shape index (κ1) is 13.4. The lowest BCUT2D eigenvalue weighted by Crippen LogP contribution is -2.42. The maximum absolute atomic E-state index is 12.0. The number of carbonyl (C=O) groups excluding carboxylic acids is 1. The van der Waals surface area contributed by atoms with Gasteiger partial charge in [-0.2, -0.15) is 0 Å². The summed E-state index contributed by atoms with van der Waals surface area (Å²) in [5, 5.41) is 3.04. The van der Waals surface area contributed by atoms with Gasteiger partial charge in [0.2, 0.25) is 0 Å². The van der Waals surface area contributed by atoms with Crippen LogP contribution in [0.25, 0.3) is 0 Å². The molecule has 108 valence electrons. The summed E-state index contributed by atoms with van der Waals surface area (Å²) in [6.45, 7) is 0.515. The van der Waals surface area contributed by atoms with Crippen molar-refractivity contribution in [2.45, 2.75) is 31.1 Å². The molecular weight excluding hydrogens is 258 g/mol. The highest BCUT2D eigenvalue weighted by Crippen LogP contribution is 2.34. The Labute approximate surface area is 118 Å². The zero-order valence-electron chi connectivity index (χ0n) is 11.7. The van der Waals surface area contributed by atoms with Crippen molar-refractivity contribution in [2.24, 2.45) is 0 Å². The molecule has 5 heteroatoms. The van der Waals surface area contributed by atoms with Crippen LogP contribution in [0.15, 0.2) is 18.2 Å². The van der Waals surface area contributed by atoms with Gasteiger partial charge in [0.25, 0.3) is 5.91 Å². The molecular formula is C15H19NO4. The molecule has 3 unspecified atom stereocenters. The highest BCUT2D eigenvalue weighted by Gasteiger charge is 2.37. The number of rotatable bonds is 4. The Bertz CT molecular complexity index is 513. The Morgan fingerprint density at radius 3 is 2.85 bits per heavy atom. The smallest absolute Gasteiger partial charge is 0.252 e. The molecule has 1 aliphatic heterocycles. The van der Waals surface area contributed by atoms with Crippen molar-refractivity contribution in [3.05, 3.63) is 29.3 Å². The van der Waals surface area contributed by atoms with E-state index in [2.05, 4.69) is 11.4 Å². The third kappa shape index (κ3) is 2.51. The van der Waals surface area contributed by atoms with Crippen LogP contribution in [0.4, 0.5) is 0 Å². The predicted molar refractivity (Wildman–Crippen MR) is 72.7 cm³/mol. The lowest BCUT2D eigenvalue weighted by atomic mass is 9.85. The molecule has 1 amide bonds. The topological polar surface area (TPSA) is 60.1 Å². The van der Waals surface area contributed by atoms with Gasteiger partial charge >= 0.3 is 0 Å². The fraction of sp³-hybridized carbons (Fsp3) is 0.533. The number of benzene rings is 1. The molecule has 20 heavy (non-hydrogen) atoms. The third-order valence-electron chi connectivity index (χ3n) is 3.98. The number of carbonyl (C=O) groups is 1. The molecule has 3 atom stereocenters. The second-order valence-corrected chi connectivity index (χ2v) is 5.19. The number of fused-ring (bicyclic) bond motifs is 1. The number of aryl methyl sites for hydroxylation is 1. The first-order valence-corrected chi connectivity index (χ1v) is 6.84. The van der Waals surface area contributed by atoms with Gasteiger partial charge < -0.3 is 19.5 Å². The number of epoxide rings is 1. The maximum atomic E-state index is 12.0. The SMILES string of the molecule is COc1ccc2c(c1)C(NC(=O)C1CO1)C(OC)CC2. The van der Waals surface area contributed by atoms with Crippen molar-refractivity contribution >= 4 is 5.91 Å². The first-order chi connectivity index (χ1) is 9.72. The molecule has 1 fully saturated rings. The summed E-state index contributed by atoms with van der Waals surface area (Å²) in [6, 6.07) is 5.86. The molecule has 1 N–H and O–H groups in total. The summed E-state index contributed by atoms with van der Waals surface area (Å²) < 4.78 is 15.9. The second kappa shape index (κ2) is 5.42. The third-order valence-corrected chi connectivity index (χ3v) is 3.98. The highest BCUT2D eigenvalue weighted by atomic mass is 16.6. The van der Waals surface area contributed by atoms with Crippen LogP contribution in [0, 0.1) is 0 Å². The molecule has 1 saturated heterocycles. The van der Waals surface area contributed by atoms with Crippen LogP contribution < -0.4 is 10.1 Å². The average molecular weight is 277 g/mol. The van der Waals surface area contributed by atoms with E-state index < -0.39 is 0 Å². The summed E-state index contributed by atoms with van der Waals surface area (Å²) in [6.07, 6.45) is 1.54. The van der Waals surface area contributed by atoms with Crippen molar-refractivity contribution in [3.63, 3.8) is 0 Å². The van der Waals surface area contributed by atoms with Crippen molar-refractivity contribution in [3.8, 4) is 5.75 Å². The zero-order valence-corrected chi connectivity index (χ0v) is 11.7. The van der Waals surface area contributed by atoms with Crippen LogP contribution >= 0.6 is 0 Å². The van der Waals surface area contributed by atoms with Crippen LogP contribution in [0.5, 0.6) is 5.75 Å². The molecule has 1 aliphatic carbocycles. The van der Waals surface area contributed by atoms with E-state index in [0.717, 1.165) is 24.2 Å². The Kier molecular flexibility index (Phi) is 3.63. The average Bonchev–Trinajstić information content (AvgIpc) is 3.31. The van der Waals surface area contributed by atoms with E-state index in [1.807, 2.05) is 12.1 Å². The van der Waals surface area contributed by atoms with Gasteiger partial charge in [-0.15, -0.1) is 0 Å². The van der Waals surface area contributed by atoms with Crippen molar-refractivity contribution in [1.82, 2.24) is 5.32 Å². The lowest BCUT2D eigenvalue weighted by molar-refractivity contribution is -0.124. The molecule has 0 spiro atoms. The Balaban J connectivity index is 1.89. The number of nitrogens with one attached hydrogen (secondary N) is 1. The summed E-state index contributed by atoms with van der Waals surface area (Å²) in [5.74, 6) is 0.732. The van der Waals surface area contributed by atoms with Gasteiger partial charge in [0.1, 0.15) is 5.75 Å². The maximum Gasteiger partial charge on any atom is 0.252 e. The van der Waals surface area contributed by atoms with Gasteiger partial charge in [-0.05, 0) is 36.1 Å². The van der Waals surface area contributed by atoms with Gasteiger partial charge in [0, 0.05) is 7.11 Å². The van der Waals surface area contributed by atoms with E-state index in [1.165, 1.54) is 5.56 Å². The van der Waals surface area contributed by atoms with Gasteiger partial charge in [-0.1, -0.05) is 6.07 Å². The van der Waals surface area contributed by atoms with Crippen LogP contribution in [-0.4, -0.2) is 38.9 Å². The Morgan fingerprint density at radius 2 is 2.20 bits per heavy atom. The molecule has 5 nitrogen and oxygen atoms in total. The molecule has 0 radical (unpaired) electrons. The second-order valence-electron chi connectivity index (χ2n) is 5.19. The van der Waals surface area contributed by atoms with Crippen molar-refractivity contribution < 1.29 is 19.0 Å². The van der Waals surface area contributed by atoms with Crippen LogP contribution in [-0.2, 0) is 20.7 Å². The monoisotopic (exact) mass is 277 g/mol. The normalized spacial score (nSPS) is 27.6. The predicted octanol–water partition coefficient (Wildman–Crippen LogP) is 1.21. The fourth-order valence-corrected chi connectivity index (χ4v) is 2.75. The molecule has 0 aromatic heterocycles. The molecule has 0 saturated carbocycles. The van der Waals surface area contributed by atoms with E-state index in [9.17, 15) is 4.79 Å². The number of amides is 1. The minimum absolute atomic E-state index is 0.0164. The number of hydrogen-bond acceptors (Lipinski definition) is 4. The molecule has 3 rings (SSSR count). The summed E-state index contributed by atoms with van der Waals surface area (Å²) in [5.41, 5.74) is 2.32. The van der Waals surface area contributed by atoms with E-state index in [0.29, 0.717) is 6.61 Å². The van der Waals surface area contributed by atoms with Crippen LogP contribution in [0.2, 0.25) is 0 Å². The quantitative estimate of drug-likeness (QED) is 0.840. The molecule has 2 aliphatic rings. The minimum atomic E-state index is -0.288. The van der Waals surface area contributed by atoms with Gasteiger partial charge in [0.15, 0.2) is 6.10 Å². The highest BCUT2D eigenvalue weighted by molar-refractivity contribution is 5.83. The lowest BCUT2D eigenvalue weighted by Gasteiger charge is -2.33. The fourth-order valence-electron chi connectivity index (χ4n) is 2.75. The van der Waals surface area contributed by atoms with E-state index >= 15 is 0 Å². The molecule has 1 aromatic carbocycles. The van der Waals surface area contributed by atoms with E-state index in [4.69, 9.17) is 14.2 Å². The van der Waals surface area contributed by atoms with E-state index in [1.54, 1.807) is 14.2 Å². The van der Waals surface area contributed by atoms with Gasteiger partial charge in [0.05, 0.1) is 25.9 Å². The van der Waals surface area contributed by atoms with Crippen molar-refractivity contribution in [2.75, 3.05) is 20.8 Å². The van der Waals surface area contributed by atoms with Gasteiger partial charge in [-0.25, -0.2) is 0 Å². The molecule has 1 aromatic rings. The largest absolute Gasteiger partial charge is 0.497 e. The molecule has 1 heterocycles. The standard InChI is InChI=1S/C15H19NO4/c1-18-10-5-3-9-4-6-12(19-2)14(11(9)7-10)16-15(17)13-8-20-13/h3,5,7,12-14H,4,6,8H2,1-2H3,(H,16,17). The number of ether oxygens (including phenoxy) is 3. The van der Waals surface area contributed by atoms with Crippen molar-refractivity contribution in [1.29, 1.82) is 0 Å². The zero-order chi connectivity index (χ0) is 14.1. The molecule has 0 bridgehead atoms. The Morgan fingerprint density at radius 1 is 1.40 bits per heavy atom. The van der Waals surface area contributed by atoms with Crippen LogP contribution in [0.3, 0.4) is 0 Å². The summed E-state index contributed by atoms with van der Waals surface area (Å²) >= 11 is 0.